The summed E-state index contributed by atoms with van der Waals surface area (Å²) in [5.74, 6) is -0.964. The Kier molecular flexibility index (Phi) is 4.43. The number of carbonyl (C=O) groups excluding carboxylic acids is 1. The van der Waals surface area contributed by atoms with Crippen molar-refractivity contribution >= 4 is 5.78 Å². The van der Waals surface area contributed by atoms with E-state index in [0.717, 1.165) is 5.56 Å². The van der Waals surface area contributed by atoms with Gasteiger partial charge >= 0.3 is 6.43 Å². The molecule has 0 bridgehead atoms. The average Bonchev–Trinajstić information content (AvgIpc) is 2.27. The fourth-order valence-electron chi connectivity index (χ4n) is 1.58. The molecule has 0 N–H and O–H groups in total. The molecule has 0 aliphatic carbocycles. The van der Waals surface area contributed by atoms with Crippen LogP contribution in [0.1, 0.15) is 43.6 Å². The third kappa shape index (κ3) is 3.28. The zero-order valence-electron chi connectivity index (χ0n) is 11.1. The largest absolute Gasteiger partial charge is 0.493 e. The van der Waals surface area contributed by atoms with Gasteiger partial charge in [0.2, 0.25) is 5.78 Å². The predicted molar refractivity (Wildman–Crippen MR) is 66.6 cm³/mol. The van der Waals surface area contributed by atoms with Gasteiger partial charge in [-0.05, 0) is 30.0 Å². The van der Waals surface area contributed by atoms with Crippen LogP contribution in [0, 0.1) is 0 Å². The van der Waals surface area contributed by atoms with Crippen molar-refractivity contribution in [1.29, 1.82) is 0 Å². The summed E-state index contributed by atoms with van der Waals surface area (Å²) in [6, 6.07) is 4.78. The van der Waals surface area contributed by atoms with Crippen LogP contribution in [0.2, 0.25) is 0 Å². The summed E-state index contributed by atoms with van der Waals surface area (Å²) >= 11 is 0. The van der Waals surface area contributed by atoms with Gasteiger partial charge in [-0.2, -0.15) is 0 Å². The topological polar surface area (TPSA) is 26.3 Å². The smallest absolute Gasteiger partial charge is 0.300 e. The normalized spacial score (nSPS) is 11.7. The van der Waals surface area contributed by atoms with E-state index in [9.17, 15) is 13.6 Å². The summed E-state index contributed by atoms with van der Waals surface area (Å²) < 4.78 is 30.2. The Bertz CT molecular complexity index is 434. The number of carbonyl (C=O) groups is 1. The van der Waals surface area contributed by atoms with E-state index >= 15 is 0 Å². The first kappa shape index (κ1) is 14.6. The van der Waals surface area contributed by atoms with Crippen LogP contribution in [0.5, 0.6) is 5.75 Å². The molecule has 0 heterocycles. The molecular weight excluding hydrogens is 238 g/mol. The Labute approximate surface area is 106 Å². The van der Waals surface area contributed by atoms with Gasteiger partial charge < -0.3 is 4.74 Å². The van der Waals surface area contributed by atoms with Gasteiger partial charge in [0, 0.05) is 0 Å². The number of rotatable bonds is 4. The summed E-state index contributed by atoms with van der Waals surface area (Å²) in [4.78, 5) is 11.4. The highest BCUT2D eigenvalue weighted by Crippen LogP contribution is 2.29. The maximum Gasteiger partial charge on any atom is 0.300 e. The molecule has 1 rings (SSSR count). The Morgan fingerprint density at radius 1 is 1.33 bits per heavy atom. The van der Waals surface area contributed by atoms with Crippen LogP contribution in [-0.4, -0.2) is 18.8 Å². The van der Waals surface area contributed by atoms with E-state index in [1.165, 1.54) is 6.07 Å². The molecule has 0 aromatic heterocycles. The second kappa shape index (κ2) is 5.46. The molecule has 0 atom stereocenters. The third-order valence-corrected chi connectivity index (χ3v) is 2.61. The molecule has 100 valence electrons. The Morgan fingerprint density at radius 3 is 2.39 bits per heavy atom. The quantitative estimate of drug-likeness (QED) is 0.765. The van der Waals surface area contributed by atoms with Gasteiger partial charge in [0.25, 0.3) is 0 Å². The molecule has 18 heavy (non-hydrogen) atoms. The summed E-state index contributed by atoms with van der Waals surface area (Å²) in [6.45, 7) is 8.10. The maximum absolute atomic E-state index is 12.5. The van der Waals surface area contributed by atoms with Gasteiger partial charge in [-0.1, -0.05) is 26.8 Å². The lowest BCUT2D eigenvalue weighted by Gasteiger charge is -2.21. The van der Waals surface area contributed by atoms with Gasteiger partial charge in [-0.25, -0.2) is 8.78 Å². The highest BCUT2D eigenvalue weighted by molar-refractivity contribution is 6.01. The number of ketones is 1. The molecule has 0 unspecified atom stereocenters. The Hall–Kier alpha value is -1.45. The third-order valence-electron chi connectivity index (χ3n) is 2.61. The summed E-state index contributed by atoms with van der Waals surface area (Å²) in [7, 11) is 0. The molecule has 1 aromatic carbocycles. The van der Waals surface area contributed by atoms with Gasteiger partial charge in [-0.15, -0.1) is 0 Å². The maximum atomic E-state index is 12.5. The lowest BCUT2D eigenvalue weighted by atomic mass is 9.86. The number of benzene rings is 1. The number of ether oxygens (including phenoxy) is 1. The zero-order valence-corrected chi connectivity index (χ0v) is 11.1. The summed E-state index contributed by atoms with van der Waals surface area (Å²) in [6.07, 6.45) is -3.01. The molecule has 1 aromatic rings. The first-order valence-electron chi connectivity index (χ1n) is 5.87. The standard InChI is InChI=1S/C14H18F2O2/c1-5-18-11-8-9(14(2,3)4)6-7-10(11)12(17)13(15)16/h6-8,13H,5H2,1-4H3. The van der Waals surface area contributed by atoms with E-state index in [1.54, 1.807) is 19.1 Å². The number of alkyl halides is 2. The van der Waals surface area contributed by atoms with Crippen molar-refractivity contribution in [2.24, 2.45) is 0 Å². The highest BCUT2D eigenvalue weighted by Gasteiger charge is 2.24. The molecule has 0 aliphatic heterocycles. The van der Waals surface area contributed by atoms with Crippen LogP contribution >= 0.6 is 0 Å². The Morgan fingerprint density at radius 2 is 1.94 bits per heavy atom. The van der Waals surface area contributed by atoms with Crippen LogP contribution in [0.3, 0.4) is 0 Å². The number of hydrogen-bond acceptors (Lipinski definition) is 2. The average molecular weight is 256 g/mol. The summed E-state index contributed by atoms with van der Waals surface area (Å²) in [5, 5.41) is 0. The molecule has 0 amide bonds. The van der Waals surface area contributed by atoms with Crippen molar-refractivity contribution in [2.75, 3.05) is 6.61 Å². The lowest BCUT2D eigenvalue weighted by Crippen LogP contribution is -2.15. The van der Waals surface area contributed by atoms with E-state index in [2.05, 4.69) is 0 Å². The minimum atomic E-state index is -3.01. The molecular formula is C14H18F2O2. The number of halogens is 2. The van der Waals surface area contributed by atoms with Crippen molar-refractivity contribution in [2.45, 2.75) is 39.5 Å². The van der Waals surface area contributed by atoms with Gasteiger partial charge in [0.05, 0.1) is 12.2 Å². The summed E-state index contributed by atoms with van der Waals surface area (Å²) in [5.41, 5.74) is 0.759. The van der Waals surface area contributed by atoms with Crippen molar-refractivity contribution in [1.82, 2.24) is 0 Å². The van der Waals surface area contributed by atoms with Crippen LogP contribution in [0.4, 0.5) is 8.78 Å². The van der Waals surface area contributed by atoms with E-state index in [0.29, 0.717) is 6.61 Å². The molecule has 0 radical (unpaired) electrons. The number of Topliss-reactive ketones (excluding diaryl/α,β-unsaturated/α-hetero) is 1. The first-order valence-corrected chi connectivity index (χ1v) is 5.87. The molecule has 2 nitrogen and oxygen atoms in total. The second-order valence-electron chi connectivity index (χ2n) is 5.06. The van der Waals surface area contributed by atoms with Crippen LogP contribution in [-0.2, 0) is 5.41 Å². The fraction of sp³-hybridized carbons (Fsp3) is 0.500. The fourth-order valence-corrected chi connectivity index (χ4v) is 1.58. The van der Waals surface area contributed by atoms with Crippen LogP contribution < -0.4 is 4.74 Å². The van der Waals surface area contributed by atoms with Crippen LogP contribution in [0.15, 0.2) is 18.2 Å². The van der Waals surface area contributed by atoms with Gasteiger partial charge in [0.1, 0.15) is 5.75 Å². The highest BCUT2D eigenvalue weighted by atomic mass is 19.3. The zero-order chi connectivity index (χ0) is 13.9. The van der Waals surface area contributed by atoms with Crippen molar-refractivity contribution < 1.29 is 18.3 Å². The Balaban J connectivity index is 3.24. The SMILES string of the molecule is CCOc1cc(C(C)(C)C)ccc1C(=O)C(F)F. The molecule has 0 spiro atoms. The van der Waals surface area contributed by atoms with E-state index in [1.807, 2.05) is 20.8 Å². The molecule has 0 fully saturated rings. The molecule has 0 saturated carbocycles. The molecule has 0 saturated heterocycles. The van der Waals surface area contributed by atoms with Crippen molar-refractivity contribution in [3.63, 3.8) is 0 Å². The minimum absolute atomic E-state index is 0.0557. The molecule has 4 heteroatoms. The van der Waals surface area contributed by atoms with E-state index in [4.69, 9.17) is 4.74 Å². The monoisotopic (exact) mass is 256 g/mol. The lowest BCUT2D eigenvalue weighted by molar-refractivity contribution is 0.0674. The van der Waals surface area contributed by atoms with Gasteiger partial charge in [0.15, 0.2) is 0 Å². The van der Waals surface area contributed by atoms with E-state index < -0.39 is 12.2 Å². The minimum Gasteiger partial charge on any atom is -0.493 e. The predicted octanol–water partition coefficient (Wildman–Crippen LogP) is 3.83. The first-order chi connectivity index (χ1) is 8.27. The van der Waals surface area contributed by atoms with Crippen molar-refractivity contribution in [3.05, 3.63) is 29.3 Å². The van der Waals surface area contributed by atoms with Gasteiger partial charge in [-0.3, -0.25) is 4.79 Å². The van der Waals surface area contributed by atoms with Crippen LogP contribution in [0.25, 0.3) is 0 Å². The van der Waals surface area contributed by atoms with Crippen molar-refractivity contribution in [3.8, 4) is 5.75 Å². The number of hydrogen-bond donors (Lipinski definition) is 0. The molecule has 0 aliphatic rings. The second-order valence-corrected chi connectivity index (χ2v) is 5.06. The van der Waals surface area contributed by atoms with E-state index in [-0.39, 0.29) is 16.7 Å².